The van der Waals surface area contributed by atoms with Crippen molar-refractivity contribution < 1.29 is 2.74 Å². The van der Waals surface area contributed by atoms with Gasteiger partial charge in [0.15, 0.2) is 0 Å². The number of aromatic nitrogens is 2. The first kappa shape index (κ1) is 16.5. The molecule has 0 amide bonds. The van der Waals surface area contributed by atoms with Gasteiger partial charge < -0.3 is 4.40 Å². The molecule has 0 N–H and O–H groups in total. The van der Waals surface area contributed by atoms with Crippen molar-refractivity contribution in [1.82, 2.24) is 9.38 Å². The van der Waals surface area contributed by atoms with Gasteiger partial charge in [-0.15, -0.1) is 0 Å². The van der Waals surface area contributed by atoms with Gasteiger partial charge in [0.2, 0.25) is 0 Å². The molecule has 0 aliphatic heterocycles. The number of pyridine rings is 2. The first-order valence-electron chi connectivity index (χ1n) is 12.6. The lowest BCUT2D eigenvalue weighted by Gasteiger charge is -2.43. The summed E-state index contributed by atoms with van der Waals surface area (Å²) in [6, 6.07) is 15.6. The first-order valence-corrected chi connectivity index (χ1v) is 11.6. The molecular weight excluding hydrogens is 388 g/mol. The Kier molecular flexibility index (Phi) is 2.89. The lowest BCUT2D eigenvalue weighted by Crippen LogP contribution is -2.34. The van der Waals surface area contributed by atoms with Crippen LogP contribution >= 0.6 is 0 Å². The van der Waals surface area contributed by atoms with Crippen molar-refractivity contribution in [2.24, 2.45) is 0 Å². The Hall–Kier alpha value is -3.13. The van der Waals surface area contributed by atoms with Crippen LogP contribution in [0.15, 0.2) is 54.7 Å². The maximum atomic E-state index is 8.86. The quantitative estimate of drug-likeness (QED) is 0.180. The zero-order valence-electron chi connectivity index (χ0n) is 21.4. The van der Waals surface area contributed by atoms with E-state index in [9.17, 15) is 0 Å². The van der Waals surface area contributed by atoms with E-state index in [0.29, 0.717) is 0 Å². The van der Waals surface area contributed by atoms with Crippen molar-refractivity contribution in [3.05, 3.63) is 71.4 Å². The minimum atomic E-state index is -0.00658. The summed E-state index contributed by atoms with van der Waals surface area (Å²) in [5.74, 6) is 0. The van der Waals surface area contributed by atoms with Crippen LogP contribution < -0.4 is 0 Å². The van der Waals surface area contributed by atoms with Gasteiger partial charge in [-0.1, -0.05) is 52.0 Å². The van der Waals surface area contributed by atoms with E-state index in [2.05, 4.69) is 81.5 Å². The molecule has 158 valence electrons. The number of aryl methyl sites for hydroxylation is 1. The predicted octanol–water partition coefficient (Wildman–Crippen LogP) is 8.04. The summed E-state index contributed by atoms with van der Waals surface area (Å²) in [5, 5.41) is 5.44. The van der Waals surface area contributed by atoms with Gasteiger partial charge in [0.1, 0.15) is 0 Å². The summed E-state index contributed by atoms with van der Waals surface area (Å²) in [6.45, 7) is 11.5. The highest BCUT2D eigenvalue weighted by molar-refractivity contribution is 6.26. The van der Waals surface area contributed by atoms with E-state index in [1.54, 1.807) is 0 Å². The standard InChI is InChI=1S/C30H28N2/c1-17-14-20-19-8-6-7-9-23(19)32-27(20)21(15-17)26-24-18(10-13-31-26)16-22-25(28(24)32)30(4,5)12-11-29(22,2)3/h6-10,13-16H,11-12H2,1-5H3/i10D,13D. The van der Waals surface area contributed by atoms with Gasteiger partial charge in [0.25, 0.3) is 0 Å². The van der Waals surface area contributed by atoms with Crippen LogP contribution in [-0.4, -0.2) is 9.38 Å². The van der Waals surface area contributed by atoms with Gasteiger partial charge in [0, 0.05) is 27.7 Å². The number of hydrogen-bond acceptors (Lipinski definition) is 1. The molecule has 1 aliphatic rings. The highest BCUT2D eigenvalue weighted by atomic mass is 14.9. The molecule has 0 bridgehead atoms. The molecule has 2 heteroatoms. The average molecular weight is 419 g/mol. The third-order valence-electron chi connectivity index (χ3n) is 8.07. The van der Waals surface area contributed by atoms with Crippen molar-refractivity contribution in [2.75, 3.05) is 0 Å². The summed E-state index contributed by atoms with van der Waals surface area (Å²) in [4.78, 5) is 4.77. The van der Waals surface area contributed by atoms with Crippen LogP contribution in [0, 0.1) is 6.92 Å². The number of para-hydroxylation sites is 1. The van der Waals surface area contributed by atoms with Crippen LogP contribution in [0.4, 0.5) is 0 Å². The van der Waals surface area contributed by atoms with Gasteiger partial charge in [-0.3, -0.25) is 4.98 Å². The van der Waals surface area contributed by atoms with Crippen LogP contribution in [0.1, 0.15) is 60.0 Å². The van der Waals surface area contributed by atoms with Gasteiger partial charge in [-0.25, -0.2) is 0 Å². The molecule has 0 atom stereocenters. The summed E-state index contributed by atoms with van der Waals surface area (Å²) >= 11 is 0. The van der Waals surface area contributed by atoms with Crippen molar-refractivity contribution >= 4 is 49.0 Å². The Bertz CT molecular complexity index is 1840. The Morgan fingerprint density at radius 3 is 2.50 bits per heavy atom. The second kappa shape index (κ2) is 5.61. The van der Waals surface area contributed by atoms with E-state index >= 15 is 0 Å². The molecule has 2 nitrogen and oxygen atoms in total. The molecular formula is C30H28N2. The number of fused-ring (bicyclic) bond motifs is 7. The van der Waals surface area contributed by atoms with Crippen LogP contribution in [0.5, 0.6) is 0 Å². The number of rotatable bonds is 0. The monoisotopic (exact) mass is 418 g/mol. The van der Waals surface area contributed by atoms with Crippen LogP contribution in [0.2, 0.25) is 0 Å². The molecule has 3 heterocycles. The number of nitrogens with zero attached hydrogens (tertiary/aromatic N) is 2. The van der Waals surface area contributed by atoms with Gasteiger partial charge in [-0.2, -0.15) is 0 Å². The van der Waals surface area contributed by atoms with Crippen LogP contribution in [-0.2, 0) is 10.8 Å². The third-order valence-corrected chi connectivity index (χ3v) is 8.07. The van der Waals surface area contributed by atoms with E-state index in [1.807, 2.05) is 0 Å². The van der Waals surface area contributed by atoms with Crippen molar-refractivity contribution in [1.29, 1.82) is 0 Å². The second-order valence-electron chi connectivity index (χ2n) is 11.1. The maximum absolute atomic E-state index is 8.86. The fourth-order valence-electron chi connectivity index (χ4n) is 6.38. The SMILES string of the molecule is [2H]c1nc2c3cc(C)cc4c5ccccc5n(c5c6c(cc(c1[2H])c25)C(C)(C)CCC6(C)C)c43. The lowest BCUT2D eigenvalue weighted by molar-refractivity contribution is 0.334. The molecule has 0 saturated carbocycles. The molecule has 32 heavy (non-hydrogen) atoms. The maximum Gasteiger partial charge on any atom is 0.0840 e. The van der Waals surface area contributed by atoms with Gasteiger partial charge >= 0.3 is 0 Å². The van der Waals surface area contributed by atoms with E-state index in [4.69, 9.17) is 7.73 Å². The molecule has 1 aliphatic carbocycles. The van der Waals surface area contributed by atoms with Gasteiger partial charge in [0.05, 0.1) is 24.8 Å². The molecule has 3 aromatic carbocycles. The molecule has 0 unspecified atom stereocenters. The fourth-order valence-corrected chi connectivity index (χ4v) is 6.38. The predicted molar refractivity (Wildman–Crippen MR) is 136 cm³/mol. The number of benzene rings is 3. The summed E-state index contributed by atoms with van der Waals surface area (Å²) in [6.07, 6.45) is 2.27. The lowest BCUT2D eigenvalue weighted by atomic mass is 9.62. The van der Waals surface area contributed by atoms with E-state index in [1.165, 1.54) is 44.0 Å². The molecule has 6 aromatic rings. The van der Waals surface area contributed by atoms with Crippen molar-refractivity contribution in [2.45, 2.75) is 58.3 Å². The zero-order chi connectivity index (χ0) is 23.7. The van der Waals surface area contributed by atoms with E-state index < -0.39 is 0 Å². The fraction of sp³-hybridized carbons (Fsp3) is 0.300. The van der Waals surface area contributed by atoms with Gasteiger partial charge in [-0.05, 0) is 76.9 Å². The summed E-state index contributed by atoms with van der Waals surface area (Å²) in [5.41, 5.74) is 8.30. The zero-order valence-corrected chi connectivity index (χ0v) is 19.4. The first-order chi connectivity index (χ1) is 16.1. The average Bonchev–Trinajstić information content (AvgIpc) is 3.12. The van der Waals surface area contributed by atoms with Crippen LogP contribution in [0.25, 0.3) is 49.0 Å². The number of hydrogen-bond donors (Lipinski definition) is 0. The smallest absolute Gasteiger partial charge is 0.0840 e. The molecule has 3 aromatic heterocycles. The molecule has 0 saturated heterocycles. The second-order valence-corrected chi connectivity index (χ2v) is 11.1. The van der Waals surface area contributed by atoms with Crippen molar-refractivity contribution in [3.8, 4) is 0 Å². The van der Waals surface area contributed by atoms with E-state index in [0.717, 1.165) is 34.5 Å². The Labute approximate surface area is 191 Å². The minimum Gasteiger partial charge on any atom is -0.308 e. The Morgan fingerprint density at radius 1 is 0.906 bits per heavy atom. The van der Waals surface area contributed by atoms with Crippen LogP contribution in [0.3, 0.4) is 0 Å². The molecule has 0 fully saturated rings. The Morgan fingerprint density at radius 2 is 1.66 bits per heavy atom. The largest absolute Gasteiger partial charge is 0.308 e. The highest BCUT2D eigenvalue weighted by Gasteiger charge is 2.40. The third kappa shape index (κ3) is 2.09. The molecule has 0 spiro atoms. The minimum absolute atomic E-state index is 0.00321. The van der Waals surface area contributed by atoms with E-state index in [-0.39, 0.29) is 23.0 Å². The molecule has 0 radical (unpaired) electrons. The van der Waals surface area contributed by atoms with Crippen molar-refractivity contribution in [3.63, 3.8) is 0 Å². The Balaban J connectivity index is 1.95. The topological polar surface area (TPSA) is 17.3 Å². The normalized spacial score (nSPS) is 18.7. The summed E-state index contributed by atoms with van der Waals surface area (Å²) in [7, 11) is 0. The molecule has 7 rings (SSSR count). The summed E-state index contributed by atoms with van der Waals surface area (Å²) < 4.78 is 19.9. The highest BCUT2D eigenvalue weighted by Crippen LogP contribution is 2.51.